The molecule has 0 fully saturated rings. The van der Waals surface area contributed by atoms with E-state index in [1.54, 1.807) is 11.8 Å². The van der Waals surface area contributed by atoms with E-state index in [2.05, 4.69) is 6.92 Å². The zero-order valence-corrected chi connectivity index (χ0v) is 9.99. The Morgan fingerprint density at radius 1 is 1.55 bits per heavy atom. The summed E-state index contributed by atoms with van der Waals surface area (Å²) in [4.78, 5) is 9.39. The first-order valence-corrected chi connectivity index (χ1v) is 8.74. The Labute approximate surface area is 81.4 Å². The quantitative estimate of drug-likeness (QED) is 0.432. The standard InChI is InChI=1S/C5H13O2PS3/c1-3-7-8(6,9)11-5-10-4-2/h3-5H2,1-2H3,(H,6,9). The molecule has 1 unspecified atom stereocenters. The summed E-state index contributed by atoms with van der Waals surface area (Å²) in [6.07, 6.45) is 0. The molecule has 0 spiro atoms. The Morgan fingerprint density at radius 3 is 2.64 bits per heavy atom. The zero-order valence-electron chi connectivity index (χ0n) is 6.65. The van der Waals surface area contributed by atoms with Crippen LogP contribution >= 0.6 is 28.8 Å². The average Bonchev–Trinajstić information content (AvgIpc) is 1.87. The molecule has 0 radical (unpaired) electrons. The molecule has 1 N–H and O–H groups in total. The van der Waals surface area contributed by atoms with Crippen LogP contribution in [0.3, 0.4) is 0 Å². The van der Waals surface area contributed by atoms with Crippen molar-refractivity contribution < 1.29 is 9.42 Å². The van der Waals surface area contributed by atoms with Gasteiger partial charge >= 0.3 is 0 Å². The largest absolute Gasteiger partial charge is 0.337 e. The third kappa shape index (κ3) is 7.62. The van der Waals surface area contributed by atoms with Gasteiger partial charge in [0.15, 0.2) is 0 Å². The van der Waals surface area contributed by atoms with Crippen molar-refractivity contribution in [2.45, 2.75) is 13.8 Å². The summed E-state index contributed by atoms with van der Waals surface area (Å²) in [5, 5.41) is 0.824. The van der Waals surface area contributed by atoms with Crippen LogP contribution in [0.5, 0.6) is 0 Å². The third-order valence-corrected chi connectivity index (χ3v) is 6.71. The first-order valence-electron chi connectivity index (χ1n) is 3.32. The first-order chi connectivity index (χ1) is 5.12. The molecular formula is C5H13O2PS3. The van der Waals surface area contributed by atoms with Crippen LogP contribution in [0.25, 0.3) is 0 Å². The van der Waals surface area contributed by atoms with Crippen molar-refractivity contribution >= 4 is 40.6 Å². The molecule has 0 bridgehead atoms. The Morgan fingerprint density at radius 2 is 2.18 bits per heavy atom. The topological polar surface area (TPSA) is 29.5 Å². The van der Waals surface area contributed by atoms with E-state index >= 15 is 0 Å². The highest BCUT2D eigenvalue weighted by atomic mass is 32.9. The van der Waals surface area contributed by atoms with Crippen LogP contribution in [0.1, 0.15) is 13.8 Å². The van der Waals surface area contributed by atoms with Gasteiger partial charge < -0.3 is 9.42 Å². The highest BCUT2D eigenvalue weighted by molar-refractivity contribution is 8.69. The Hall–Kier alpha value is 1.27. The van der Waals surface area contributed by atoms with Gasteiger partial charge in [-0.15, -0.1) is 0 Å². The highest BCUT2D eigenvalue weighted by Crippen LogP contribution is 2.56. The summed E-state index contributed by atoms with van der Waals surface area (Å²) in [5.74, 6) is 1.05. The third-order valence-electron chi connectivity index (χ3n) is 0.796. The summed E-state index contributed by atoms with van der Waals surface area (Å²) < 4.78 is 5.01. The van der Waals surface area contributed by atoms with Crippen LogP contribution in [0.2, 0.25) is 0 Å². The minimum atomic E-state index is -2.49. The molecule has 0 aliphatic rings. The smallest absolute Gasteiger partial charge is 0.245 e. The molecule has 0 rings (SSSR count). The molecule has 0 saturated heterocycles. The fourth-order valence-corrected chi connectivity index (χ4v) is 6.17. The van der Waals surface area contributed by atoms with E-state index in [0.717, 1.165) is 10.8 Å². The SMILES string of the molecule is CCOP(O)(=S)SCSCC. The van der Waals surface area contributed by atoms with Crippen molar-refractivity contribution in [2.75, 3.05) is 17.4 Å². The zero-order chi connectivity index (χ0) is 8.74. The Kier molecular flexibility index (Phi) is 7.53. The second-order valence-electron chi connectivity index (χ2n) is 1.63. The molecule has 0 aromatic rings. The van der Waals surface area contributed by atoms with Gasteiger partial charge in [-0.3, -0.25) is 0 Å². The number of thioether (sulfide) groups is 1. The summed E-state index contributed by atoms with van der Waals surface area (Å²) in [7, 11) is 0. The van der Waals surface area contributed by atoms with E-state index in [9.17, 15) is 4.89 Å². The lowest BCUT2D eigenvalue weighted by molar-refractivity contribution is 0.341. The van der Waals surface area contributed by atoms with Gasteiger partial charge in [0.2, 0.25) is 5.69 Å². The van der Waals surface area contributed by atoms with Gasteiger partial charge in [0.1, 0.15) is 0 Å². The maximum atomic E-state index is 9.39. The molecule has 0 heterocycles. The second-order valence-corrected chi connectivity index (χ2v) is 9.45. The van der Waals surface area contributed by atoms with Crippen LogP contribution in [0.4, 0.5) is 0 Å². The fourth-order valence-electron chi connectivity index (χ4n) is 0.388. The van der Waals surface area contributed by atoms with Crippen LogP contribution in [-0.2, 0) is 16.3 Å². The molecule has 2 nitrogen and oxygen atoms in total. The average molecular weight is 232 g/mol. The summed E-state index contributed by atoms with van der Waals surface area (Å²) in [5.41, 5.74) is -2.49. The molecular weight excluding hydrogens is 219 g/mol. The summed E-state index contributed by atoms with van der Waals surface area (Å²) >= 11 is 7.94. The summed E-state index contributed by atoms with van der Waals surface area (Å²) in [6, 6.07) is 0. The van der Waals surface area contributed by atoms with Crippen molar-refractivity contribution in [1.82, 2.24) is 0 Å². The van der Waals surface area contributed by atoms with Crippen molar-refractivity contribution in [2.24, 2.45) is 0 Å². The van der Waals surface area contributed by atoms with Gasteiger partial charge in [-0.1, -0.05) is 18.3 Å². The molecule has 11 heavy (non-hydrogen) atoms. The fraction of sp³-hybridized carbons (Fsp3) is 1.00. The van der Waals surface area contributed by atoms with E-state index in [-0.39, 0.29) is 0 Å². The maximum absolute atomic E-state index is 9.39. The lowest BCUT2D eigenvalue weighted by Gasteiger charge is -2.12. The molecule has 1 atom stereocenters. The monoisotopic (exact) mass is 232 g/mol. The van der Waals surface area contributed by atoms with E-state index in [1.165, 1.54) is 11.4 Å². The van der Waals surface area contributed by atoms with E-state index in [0.29, 0.717) is 6.61 Å². The van der Waals surface area contributed by atoms with Crippen LogP contribution in [0.15, 0.2) is 0 Å². The van der Waals surface area contributed by atoms with Gasteiger partial charge in [-0.25, -0.2) is 0 Å². The molecule has 0 aromatic carbocycles. The molecule has 68 valence electrons. The van der Waals surface area contributed by atoms with Crippen molar-refractivity contribution in [3.63, 3.8) is 0 Å². The van der Waals surface area contributed by atoms with Crippen LogP contribution < -0.4 is 0 Å². The van der Waals surface area contributed by atoms with Crippen LogP contribution in [-0.4, -0.2) is 22.3 Å². The molecule has 0 aliphatic heterocycles. The molecule has 0 amide bonds. The van der Waals surface area contributed by atoms with E-state index in [4.69, 9.17) is 16.3 Å². The van der Waals surface area contributed by atoms with Gasteiger partial charge in [-0.2, -0.15) is 11.8 Å². The Bertz CT molecular complexity index is 142. The maximum Gasteiger partial charge on any atom is 0.245 e. The van der Waals surface area contributed by atoms with Crippen LogP contribution in [0, 0.1) is 0 Å². The van der Waals surface area contributed by atoms with Crippen molar-refractivity contribution in [3.05, 3.63) is 0 Å². The Balaban J connectivity index is 3.47. The number of hydrogen-bond donors (Lipinski definition) is 1. The van der Waals surface area contributed by atoms with E-state index in [1.807, 2.05) is 6.92 Å². The molecule has 0 aromatic heterocycles. The van der Waals surface area contributed by atoms with Gasteiger partial charge in [0.25, 0.3) is 0 Å². The van der Waals surface area contributed by atoms with Crippen molar-refractivity contribution in [1.29, 1.82) is 0 Å². The normalized spacial score (nSPS) is 16.3. The number of rotatable bonds is 6. The van der Waals surface area contributed by atoms with Gasteiger partial charge in [0, 0.05) is 5.08 Å². The minimum absolute atomic E-state index is 0.498. The molecule has 6 heteroatoms. The predicted octanol–water partition coefficient (Wildman–Crippen LogP) is 2.68. The second kappa shape index (κ2) is 6.75. The van der Waals surface area contributed by atoms with Gasteiger partial charge in [-0.05, 0) is 24.5 Å². The predicted molar refractivity (Wildman–Crippen MR) is 58.7 cm³/mol. The minimum Gasteiger partial charge on any atom is -0.337 e. The first kappa shape index (κ1) is 12.3. The van der Waals surface area contributed by atoms with E-state index < -0.39 is 5.69 Å². The highest BCUT2D eigenvalue weighted by Gasteiger charge is 2.12. The molecule has 0 saturated carbocycles. The van der Waals surface area contributed by atoms with Gasteiger partial charge in [0.05, 0.1) is 6.61 Å². The lowest BCUT2D eigenvalue weighted by Crippen LogP contribution is -1.84. The lowest BCUT2D eigenvalue weighted by atomic mass is 10.9. The number of hydrogen-bond acceptors (Lipinski definition) is 4. The summed E-state index contributed by atoms with van der Waals surface area (Å²) in [6.45, 7) is 4.41. The molecule has 0 aliphatic carbocycles. The van der Waals surface area contributed by atoms with Crippen molar-refractivity contribution in [3.8, 4) is 0 Å².